The van der Waals surface area contributed by atoms with Crippen molar-refractivity contribution in [1.29, 1.82) is 0 Å². The first-order valence-electron chi connectivity index (χ1n) is 18.8. The molecule has 1 aliphatic heterocycles. The molecule has 0 aliphatic carbocycles. The maximum Gasteiger partial charge on any atom is 0.336 e. The van der Waals surface area contributed by atoms with E-state index in [0.29, 0.717) is 24.5 Å². The standard InChI is InChI=1S/C43H40ClFN6O7/c1-57-43(56)39-22-31(25-50(39)41(53)28-23-47-51(24-28)38-17-16-29(45)21-36(38)44)58-30-11-8-10-27(20-30)32-14-9-15-37-35(32)26-49(48-37)19-7-3-2-6-18-46-40(52)33-12-4-5-13-34(33)42(54)55/h4-5,8-17,20-21,23-24,26,31,39H,2-3,6-7,18-19,22,25H2,1H3,(H,46,52)(H,54,55)/t31?,39-/m0/s1. The highest BCUT2D eigenvalue weighted by Gasteiger charge is 2.42. The third kappa shape index (κ3) is 8.87. The van der Waals surface area contributed by atoms with Gasteiger partial charge in [0.05, 0.1) is 52.8 Å². The number of unbranched alkanes of at least 4 members (excludes halogenated alkanes) is 3. The second-order valence-electron chi connectivity index (χ2n) is 13.9. The number of aromatic carboxylic acids is 1. The number of hydrogen-bond acceptors (Lipinski definition) is 8. The lowest BCUT2D eigenvalue weighted by Gasteiger charge is -2.21. The summed E-state index contributed by atoms with van der Waals surface area (Å²) in [5, 5.41) is 22.3. The lowest BCUT2D eigenvalue weighted by molar-refractivity contribution is -0.145. The molecule has 6 aromatic rings. The number of nitrogens with one attached hydrogen (secondary N) is 1. The molecule has 1 unspecified atom stereocenters. The number of carboxylic acid groups (broad SMARTS) is 1. The summed E-state index contributed by atoms with van der Waals surface area (Å²) in [6, 6.07) is 22.8. The average molecular weight is 807 g/mol. The van der Waals surface area contributed by atoms with Gasteiger partial charge in [-0.25, -0.2) is 18.7 Å². The molecule has 0 radical (unpaired) electrons. The summed E-state index contributed by atoms with van der Waals surface area (Å²) in [7, 11) is 1.28. The highest BCUT2D eigenvalue weighted by molar-refractivity contribution is 6.32. The van der Waals surface area contributed by atoms with Crippen LogP contribution < -0.4 is 10.1 Å². The summed E-state index contributed by atoms with van der Waals surface area (Å²) in [5.41, 5.74) is 3.49. The van der Waals surface area contributed by atoms with E-state index < -0.39 is 41.7 Å². The van der Waals surface area contributed by atoms with Crippen molar-refractivity contribution < 1.29 is 38.1 Å². The monoisotopic (exact) mass is 806 g/mol. The summed E-state index contributed by atoms with van der Waals surface area (Å²) < 4.78 is 28.4. The van der Waals surface area contributed by atoms with Gasteiger partial charge in [0.1, 0.15) is 23.7 Å². The Labute approximate surface area is 337 Å². The molecule has 0 bridgehead atoms. The molecule has 7 rings (SSSR count). The van der Waals surface area contributed by atoms with E-state index in [9.17, 15) is 28.7 Å². The highest BCUT2D eigenvalue weighted by atomic mass is 35.5. The van der Waals surface area contributed by atoms with Crippen molar-refractivity contribution in [2.45, 2.75) is 50.8 Å². The van der Waals surface area contributed by atoms with Gasteiger partial charge in [-0.15, -0.1) is 0 Å². The molecular formula is C43H40ClFN6O7. The number of amides is 2. The molecule has 1 aliphatic rings. The minimum absolute atomic E-state index is 0.0172. The van der Waals surface area contributed by atoms with Crippen LogP contribution in [0.5, 0.6) is 5.75 Å². The normalized spacial score (nSPS) is 15.1. The van der Waals surface area contributed by atoms with Crippen LogP contribution in [0.4, 0.5) is 4.39 Å². The number of esters is 1. The number of carboxylic acids is 1. The lowest BCUT2D eigenvalue weighted by Crippen LogP contribution is -2.41. The summed E-state index contributed by atoms with van der Waals surface area (Å²) in [6.07, 6.45) is 8.08. The van der Waals surface area contributed by atoms with Crippen molar-refractivity contribution in [3.05, 3.63) is 131 Å². The first kappa shape index (κ1) is 39.7. The summed E-state index contributed by atoms with van der Waals surface area (Å²) in [5.74, 6) is -2.44. The summed E-state index contributed by atoms with van der Waals surface area (Å²) >= 11 is 6.21. The molecule has 298 valence electrons. The number of likely N-dealkylation sites (tertiary alicyclic amines) is 1. The van der Waals surface area contributed by atoms with Crippen LogP contribution in [0.2, 0.25) is 5.02 Å². The number of methoxy groups -OCH3 is 1. The van der Waals surface area contributed by atoms with E-state index in [0.717, 1.165) is 53.8 Å². The third-order valence-corrected chi connectivity index (χ3v) is 10.3. The Balaban J connectivity index is 0.953. The number of halogens is 2. The largest absolute Gasteiger partial charge is 0.488 e. The first-order valence-corrected chi connectivity index (χ1v) is 19.2. The van der Waals surface area contributed by atoms with E-state index in [2.05, 4.69) is 10.4 Å². The number of ether oxygens (including phenoxy) is 2. The molecule has 0 spiro atoms. The molecule has 13 nitrogen and oxygen atoms in total. The number of carbonyl (C=O) groups is 4. The van der Waals surface area contributed by atoms with Gasteiger partial charge in [-0.1, -0.05) is 60.8 Å². The van der Waals surface area contributed by atoms with Gasteiger partial charge in [0.15, 0.2) is 0 Å². The van der Waals surface area contributed by atoms with Gasteiger partial charge >= 0.3 is 11.9 Å². The van der Waals surface area contributed by atoms with E-state index in [4.69, 9.17) is 26.2 Å². The minimum Gasteiger partial charge on any atom is -0.488 e. The van der Waals surface area contributed by atoms with Crippen molar-refractivity contribution in [2.75, 3.05) is 20.2 Å². The smallest absolute Gasteiger partial charge is 0.336 e. The molecule has 1 fully saturated rings. The Morgan fingerprint density at radius 1 is 0.931 bits per heavy atom. The number of benzene rings is 4. The van der Waals surface area contributed by atoms with Gasteiger partial charge < -0.3 is 24.8 Å². The summed E-state index contributed by atoms with van der Waals surface area (Å²) in [4.78, 5) is 51.9. The van der Waals surface area contributed by atoms with Crippen LogP contribution in [0.15, 0.2) is 104 Å². The lowest BCUT2D eigenvalue weighted by atomic mass is 10.0. The van der Waals surface area contributed by atoms with E-state index >= 15 is 0 Å². The second-order valence-corrected chi connectivity index (χ2v) is 14.3. The fourth-order valence-electron chi connectivity index (χ4n) is 7.17. The van der Waals surface area contributed by atoms with Crippen LogP contribution in [0.1, 0.15) is 63.2 Å². The van der Waals surface area contributed by atoms with Crippen molar-refractivity contribution in [2.24, 2.45) is 0 Å². The van der Waals surface area contributed by atoms with Gasteiger partial charge in [0, 0.05) is 37.3 Å². The minimum atomic E-state index is -1.13. The van der Waals surface area contributed by atoms with Gasteiger partial charge in [-0.3, -0.25) is 14.3 Å². The molecule has 15 heteroatoms. The number of rotatable bonds is 15. The average Bonchev–Trinajstić information content (AvgIpc) is 3.99. The fourth-order valence-corrected chi connectivity index (χ4v) is 7.42. The van der Waals surface area contributed by atoms with Crippen molar-refractivity contribution in [3.63, 3.8) is 0 Å². The van der Waals surface area contributed by atoms with Crippen LogP contribution in [-0.2, 0) is 16.1 Å². The second kappa shape index (κ2) is 17.7. The number of nitrogens with zero attached hydrogens (tertiary/aromatic N) is 5. The van der Waals surface area contributed by atoms with Crippen LogP contribution in [0.25, 0.3) is 27.7 Å². The molecule has 2 aromatic heterocycles. The van der Waals surface area contributed by atoms with E-state index in [1.807, 2.05) is 53.3 Å². The maximum absolute atomic E-state index is 13.7. The van der Waals surface area contributed by atoms with Crippen molar-refractivity contribution in [1.82, 2.24) is 29.8 Å². The molecule has 2 atom stereocenters. The van der Waals surface area contributed by atoms with Crippen LogP contribution in [-0.4, -0.2) is 85.7 Å². The van der Waals surface area contributed by atoms with E-state index in [1.165, 1.54) is 53.4 Å². The quantitative estimate of drug-likeness (QED) is 0.0809. The van der Waals surface area contributed by atoms with Crippen molar-refractivity contribution >= 4 is 46.3 Å². The number of hydrogen-bond donors (Lipinski definition) is 2. The molecule has 2 N–H and O–H groups in total. The molecular weight excluding hydrogens is 767 g/mol. The first-order chi connectivity index (χ1) is 28.1. The van der Waals surface area contributed by atoms with E-state index in [-0.39, 0.29) is 34.7 Å². The zero-order chi connectivity index (χ0) is 40.8. The molecule has 1 saturated heterocycles. The molecule has 58 heavy (non-hydrogen) atoms. The van der Waals surface area contributed by atoms with Gasteiger partial charge in [-0.2, -0.15) is 10.2 Å². The zero-order valence-corrected chi connectivity index (χ0v) is 32.3. The topological polar surface area (TPSA) is 158 Å². The Bertz CT molecular complexity index is 2480. The Morgan fingerprint density at radius 3 is 2.52 bits per heavy atom. The molecule has 4 aromatic carbocycles. The number of fused-ring (bicyclic) bond motifs is 1. The Hall–Kier alpha value is -6.54. The predicted molar refractivity (Wildman–Crippen MR) is 214 cm³/mol. The summed E-state index contributed by atoms with van der Waals surface area (Å²) in [6.45, 7) is 1.30. The van der Waals surface area contributed by atoms with Crippen molar-refractivity contribution in [3.8, 4) is 22.6 Å². The SMILES string of the molecule is COC(=O)[C@@H]1CC(Oc2cccc(-c3cccc4nn(CCCCCCNC(=O)c5ccccc5C(=O)O)cc34)c2)CN1C(=O)c1cnn(-c2ccc(F)cc2Cl)c1. The molecule has 2 amide bonds. The zero-order valence-electron chi connectivity index (χ0n) is 31.5. The number of carbonyl (C=O) groups excluding carboxylic acids is 3. The van der Waals surface area contributed by atoms with Gasteiger partial charge in [-0.05, 0) is 72.5 Å². The predicted octanol–water partition coefficient (Wildman–Crippen LogP) is 7.21. The highest BCUT2D eigenvalue weighted by Crippen LogP contribution is 2.33. The fraction of sp³-hybridized carbons (Fsp3) is 0.256. The Morgan fingerprint density at radius 2 is 1.72 bits per heavy atom. The Kier molecular flexibility index (Phi) is 12.1. The van der Waals surface area contributed by atoms with Crippen LogP contribution >= 0.6 is 11.6 Å². The maximum atomic E-state index is 13.7. The van der Waals surface area contributed by atoms with Crippen LogP contribution in [0.3, 0.4) is 0 Å². The van der Waals surface area contributed by atoms with Crippen LogP contribution in [0, 0.1) is 5.82 Å². The van der Waals surface area contributed by atoms with Gasteiger partial charge in [0.25, 0.3) is 11.8 Å². The van der Waals surface area contributed by atoms with E-state index in [1.54, 1.807) is 12.1 Å². The van der Waals surface area contributed by atoms with Gasteiger partial charge in [0.2, 0.25) is 0 Å². The number of aryl methyl sites for hydroxylation is 1. The number of aromatic nitrogens is 4. The molecule has 0 saturated carbocycles. The molecule has 3 heterocycles. The third-order valence-electron chi connectivity index (χ3n) is 10.0.